The second kappa shape index (κ2) is 7.44. The monoisotopic (exact) mass is 311 g/mol. The van der Waals surface area contributed by atoms with E-state index in [1.54, 1.807) is 11.8 Å². The molecule has 0 bridgehead atoms. The van der Waals surface area contributed by atoms with E-state index in [-0.39, 0.29) is 11.9 Å². The summed E-state index contributed by atoms with van der Waals surface area (Å²) < 4.78 is 5.65. The summed E-state index contributed by atoms with van der Waals surface area (Å²) in [6.07, 6.45) is 5.16. The molecule has 0 aromatic heterocycles. The smallest absolute Gasteiger partial charge is 0.326 e. The number of hydrogen-bond acceptors (Lipinski definition) is 3. The predicted octanol–water partition coefficient (Wildman–Crippen LogP) is 2.68. The van der Waals surface area contributed by atoms with Gasteiger partial charge in [0.1, 0.15) is 12.1 Å². The number of carboxylic acid groups (broad SMARTS) is 1. The van der Waals surface area contributed by atoms with Crippen molar-refractivity contribution in [3.8, 4) is 0 Å². The molecule has 0 aromatic rings. The first-order valence-corrected chi connectivity index (χ1v) is 8.58. The Hall–Kier alpha value is -1.10. The Kier molecular flexibility index (Phi) is 5.84. The quantitative estimate of drug-likeness (QED) is 0.819. The van der Waals surface area contributed by atoms with Crippen LogP contribution in [0.1, 0.15) is 59.3 Å². The van der Waals surface area contributed by atoms with Crippen LogP contribution < -0.4 is 0 Å². The lowest BCUT2D eigenvalue weighted by molar-refractivity contribution is -0.155. The van der Waals surface area contributed by atoms with Gasteiger partial charge in [-0.15, -0.1) is 0 Å². The van der Waals surface area contributed by atoms with Crippen LogP contribution in [0.3, 0.4) is 0 Å². The summed E-state index contributed by atoms with van der Waals surface area (Å²) in [4.78, 5) is 25.9. The van der Waals surface area contributed by atoms with E-state index in [0.717, 1.165) is 32.1 Å². The second-order valence-corrected chi connectivity index (χ2v) is 7.14. The third kappa shape index (κ3) is 3.80. The molecule has 126 valence electrons. The average molecular weight is 311 g/mol. The fourth-order valence-electron chi connectivity index (χ4n) is 3.76. The van der Waals surface area contributed by atoms with Gasteiger partial charge in [-0.05, 0) is 44.4 Å². The molecular formula is C17H29NO4. The van der Waals surface area contributed by atoms with Crippen molar-refractivity contribution in [3.63, 3.8) is 0 Å². The first kappa shape index (κ1) is 17.3. The highest BCUT2D eigenvalue weighted by Gasteiger charge is 2.48. The number of ether oxygens (including phenoxy) is 1. The first-order valence-electron chi connectivity index (χ1n) is 8.58. The molecule has 5 heteroatoms. The summed E-state index contributed by atoms with van der Waals surface area (Å²) in [6.45, 7) is 6.52. The zero-order chi connectivity index (χ0) is 16.3. The van der Waals surface area contributed by atoms with Crippen molar-refractivity contribution in [1.82, 2.24) is 4.90 Å². The molecule has 1 saturated heterocycles. The average Bonchev–Trinajstić information content (AvgIpc) is 2.85. The minimum absolute atomic E-state index is 0.0958. The number of nitrogens with zero attached hydrogens (tertiary/aromatic N) is 1. The maximum absolute atomic E-state index is 12.7. The number of amides is 1. The van der Waals surface area contributed by atoms with Gasteiger partial charge in [-0.3, -0.25) is 4.79 Å². The SMILES string of the molecule is CC(C)CCOC(C)C(=O)N1C(C(=O)O)CC2CCCCC21. The Morgan fingerprint density at radius 1 is 1.23 bits per heavy atom. The summed E-state index contributed by atoms with van der Waals surface area (Å²) in [7, 11) is 0. The van der Waals surface area contributed by atoms with E-state index >= 15 is 0 Å². The van der Waals surface area contributed by atoms with Gasteiger partial charge in [0.2, 0.25) is 0 Å². The van der Waals surface area contributed by atoms with Crippen LogP contribution in [0.4, 0.5) is 0 Å². The molecular weight excluding hydrogens is 282 g/mol. The molecule has 1 aliphatic heterocycles. The summed E-state index contributed by atoms with van der Waals surface area (Å²) in [5.74, 6) is -0.145. The molecule has 1 saturated carbocycles. The van der Waals surface area contributed by atoms with E-state index in [0.29, 0.717) is 24.9 Å². The third-order valence-corrected chi connectivity index (χ3v) is 5.04. The number of carbonyl (C=O) groups excluding carboxylic acids is 1. The number of hydrogen-bond donors (Lipinski definition) is 1. The molecule has 0 spiro atoms. The van der Waals surface area contributed by atoms with Gasteiger partial charge in [0.15, 0.2) is 0 Å². The predicted molar refractivity (Wildman–Crippen MR) is 83.5 cm³/mol. The highest BCUT2D eigenvalue weighted by Crippen LogP contribution is 2.40. The Bertz CT molecular complexity index is 409. The summed E-state index contributed by atoms with van der Waals surface area (Å²) in [5.41, 5.74) is 0. The van der Waals surface area contributed by atoms with Gasteiger partial charge in [-0.2, -0.15) is 0 Å². The highest BCUT2D eigenvalue weighted by atomic mass is 16.5. The van der Waals surface area contributed by atoms with Crippen molar-refractivity contribution in [2.45, 2.75) is 77.5 Å². The fourth-order valence-corrected chi connectivity index (χ4v) is 3.76. The Balaban J connectivity index is 2.02. The van der Waals surface area contributed by atoms with Crippen LogP contribution in [0.25, 0.3) is 0 Å². The number of rotatable bonds is 6. The van der Waals surface area contributed by atoms with Crippen LogP contribution in [-0.2, 0) is 14.3 Å². The minimum Gasteiger partial charge on any atom is -0.480 e. The van der Waals surface area contributed by atoms with E-state index in [1.165, 1.54) is 0 Å². The highest BCUT2D eigenvalue weighted by molar-refractivity contribution is 5.87. The van der Waals surface area contributed by atoms with Gasteiger partial charge >= 0.3 is 5.97 Å². The molecule has 2 fully saturated rings. The molecule has 4 atom stereocenters. The van der Waals surface area contributed by atoms with E-state index in [1.807, 2.05) is 0 Å². The molecule has 1 heterocycles. The van der Waals surface area contributed by atoms with Gasteiger partial charge in [0, 0.05) is 12.6 Å². The molecule has 22 heavy (non-hydrogen) atoms. The lowest BCUT2D eigenvalue weighted by atomic mass is 9.84. The van der Waals surface area contributed by atoms with Gasteiger partial charge in [0.25, 0.3) is 5.91 Å². The zero-order valence-corrected chi connectivity index (χ0v) is 14.0. The number of carboxylic acids is 1. The maximum atomic E-state index is 12.7. The van der Waals surface area contributed by atoms with Crippen LogP contribution in [-0.4, -0.2) is 46.7 Å². The number of aliphatic carboxylic acids is 1. The first-order chi connectivity index (χ1) is 10.4. The standard InChI is InChI=1S/C17H29NO4/c1-11(2)8-9-22-12(3)16(19)18-14-7-5-4-6-13(14)10-15(18)17(20)21/h11-15H,4-10H2,1-3H3,(H,20,21). The summed E-state index contributed by atoms with van der Waals surface area (Å²) in [5, 5.41) is 9.48. The van der Waals surface area contributed by atoms with Crippen molar-refractivity contribution < 1.29 is 19.4 Å². The summed E-state index contributed by atoms with van der Waals surface area (Å²) in [6, 6.07) is -0.574. The number of carbonyl (C=O) groups is 2. The van der Waals surface area contributed by atoms with Crippen LogP contribution in [0.2, 0.25) is 0 Å². The van der Waals surface area contributed by atoms with Crippen LogP contribution in [0.5, 0.6) is 0 Å². The summed E-state index contributed by atoms with van der Waals surface area (Å²) >= 11 is 0. The zero-order valence-electron chi connectivity index (χ0n) is 14.0. The van der Waals surface area contributed by atoms with Crippen LogP contribution in [0.15, 0.2) is 0 Å². The molecule has 5 nitrogen and oxygen atoms in total. The lowest BCUT2D eigenvalue weighted by Crippen LogP contribution is -2.50. The molecule has 1 aliphatic carbocycles. The van der Waals surface area contributed by atoms with E-state index in [9.17, 15) is 14.7 Å². The Morgan fingerprint density at radius 3 is 2.55 bits per heavy atom. The molecule has 2 aliphatic rings. The fraction of sp³-hybridized carbons (Fsp3) is 0.882. The molecule has 4 unspecified atom stereocenters. The van der Waals surface area contributed by atoms with Gasteiger partial charge < -0.3 is 14.7 Å². The number of likely N-dealkylation sites (tertiary alicyclic amines) is 1. The molecule has 2 rings (SSSR count). The maximum Gasteiger partial charge on any atom is 0.326 e. The van der Waals surface area contributed by atoms with E-state index < -0.39 is 18.1 Å². The van der Waals surface area contributed by atoms with Gasteiger partial charge in [-0.25, -0.2) is 4.79 Å². The van der Waals surface area contributed by atoms with E-state index in [4.69, 9.17) is 4.74 Å². The van der Waals surface area contributed by atoms with Crippen molar-refractivity contribution >= 4 is 11.9 Å². The lowest BCUT2D eigenvalue weighted by Gasteiger charge is -2.34. The molecule has 1 N–H and O–H groups in total. The Labute approximate surface area is 133 Å². The van der Waals surface area contributed by atoms with Gasteiger partial charge in [-0.1, -0.05) is 26.7 Å². The van der Waals surface area contributed by atoms with Crippen molar-refractivity contribution in [1.29, 1.82) is 0 Å². The van der Waals surface area contributed by atoms with Crippen LogP contribution >= 0.6 is 0 Å². The minimum atomic E-state index is -0.878. The van der Waals surface area contributed by atoms with Crippen LogP contribution in [0, 0.1) is 11.8 Å². The largest absolute Gasteiger partial charge is 0.480 e. The Morgan fingerprint density at radius 2 is 1.91 bits per heavy atom. The topological polar surface area (TPSA) is 66.8 Å². The molecule has 0 aromatic carbocycles. The number of fused-ring (bicyclic) bond motifs is 1. The van der Waals surface area contributed by atoms with Crippen molar-refractivity contribution in [2.24, 2.45) is 11.8 Å². The van der Waals surface area contributed by atoms with Crippen molar-refractivity contribution in [3.05, 3.63) is 0 Å². The van der Waals surface area contributed by atoms with E-state index in [2.05, 4.69) is 13.8 Å². The normalized spacial score (nSPS) is 29.5. The third-order valence-electron chi connectivity index (χ3n) is 5.04. The molecule has 0 radical (unpaired) electrons. The molecule has 1 amide bonds. The second-order valence-electron chi connectivity index (χ2n) is 7.14. The van der Waals surface area contributed by atoms with Gasteiger partial charge in [0.05, 0.1) is 0 Å². The van der Waals surface area contributed by atoms with Crippen molar-refractivity contribution in [2.75, 3.05) is 6.61 Å².